The van der Waals surface area contributed by atoms with Crippen molar-refractivity contribution in [3.05, 3.63) is 39.9 Å². The summed E-state index contributed by atoms with van der Waals surface area (Å²) in [5.41, 5.74) is -4.25. The lowest BCUT2D eigenvalue weighted by Crippen LogP contribution is -2.55. The SMILES string of the molecule is COC[C@@H](COCCC(=O)N1CCN2c3ncc(C(F)(F)F)cc3OCCC2C1)Nc1cn[nH]c(=O)c1C(F)(F)F. The summed E-state index contributed by atoms with van der Waals surface area (Å²) in [6.07, 6.45) is -7.39. The Balaban J connectivity index is 1.30. The molecular weight excluding hydrogens is 566 g/mol. The van der Waals surface area contributed by atoms with Crippen LogP contribution in [0.3, 0.4) is 0 Å². The van der Waals surface area contributed by atoms with Crippen molar-refractivity contribution in [2.75, 3.05) is 63.4 Å². The van der Waals surface area contributed by atoms with Crippen molar-refractivity contribution in [1.82, 2.24) is 20.1 Å². The summed E-state index contributed by atoms with van der Waals surface area (Å²) in [4.78, 5) is 32.0. The third-order valence-corrected chi connectivity index (χ3v) is 6.62. The fourth-order valence-electron chi connectivity index (χ4n) is 4.71. The fourth-order valence-corrected chi connectivity index (χ4v) is 4.71. The van der Waals surface area contributed by atoms with E-state index in [4.69, 9.17) is 14.2 Å². The number of pyridine rings is 1. The van der Waals surface area contributed by atoms with Crippen LogP contribution in [0.4, 0.5) is 37.8 Å². The molecule has 11 nitrogen and oxygen atoms in total. The lowest BCUT2D eigenvalue weighted by Gasteiger charge is -2.41. The zero-order chi connectivity index (χ0) is 29.8. The average Bonchev–Trinajstić information content (AvgIpc) is 3.08. The van der Waals surface area contributed by atoms with Crippen molar-refractivity contribution in [2.24, 2.45) is 0 Å². The molecule has 17 heteroatoms. The molecule has 226 valence electrons. The molecule has 4 heterocycles. The molecule has 1 fully saturated rings. The number of piperazine rings is 1. The Kier molecular flexibility index (Phi) is 9.26. The van der Waals surface area contributed by atoms with Gasteiger partial charge in [0.1, 0.15) is 5.56 Å². The molecule has 2 aromatic heterocycles. The van der Waals surface area contributed by atoms with Crippen LogP contribution in [0.2, 0.25) is 0 Å². The van der Waals surface area contributed by atoms with E-state index in [1.807, 2.05) is 4.90 Å². The van der Waals surface area contributed by atoms with Gasteiger partial charge in [-0.3, -0.25) is 9.59 Å². The molecule has 0 bridgehead atoms. The monoisotopic (exact) mass is 594 g/mol. The van der Waals surface area contributed by atoms with Crippen LogP contribution in [-0.2, 0) is 26.6 Å². The normalized spacial score (nSPS) is 18.2. The Hall–Kier alpha value is -3.60. The molecule has 1 saturated heterocycles. The number of nitrogens with one attached hydrogen (secondary N) is 2. The molecule has 2 N–H and O–H groups in total. The predicted octanol–water partition coefficient (Wildman–Crippen LogP) is 2.54. The van der Waals surface area contributed by atoms with E-state index in [0.29, 0.717) is 31.9 Å². The van der Waals surface area contributed by atoms with Gasteiger partial charge < -0.3 is 29.3 Å². The van der Waals surface area contributed by atoms with E-state index in [1.54, 1.807) is 10.00 Å². The zero-order valence-corrected chi connectivity index (χ0v) is 21.8. The van der Waals surface area contributed by atoms with E-state index in [9.17, 15) is 35.9 Å². The molecule has 0 aliphatic carbocycles. The minimum atomic E-state index is -4.92. The van der Waals surface area contributed by atoms with Crippen molar-refractivity contribution in [1.29, 1.82) is 0 Å². The van der Waals surface area contributed by atoms with Crippen molar-refractivity contribution in [3.8, 4) is 5.75 Å². The molecule has 1 amide bonds. The molecule has 2 atom stereocenters. The second-order valence-corrected chi connectivity index (χ2v) is 9.47. The minimum absolute atomic E-state index is 0.00688. The van der Waals surface area contributed by atoms with Gasteiger partial charge in [-0.25, -0.2) is 10.1 Å². The number of fused-ring (bicyclic) bond motifs is 3. The van der Waals surface area contributed by atoms with E-state index in [1.165, 1.54) is 7.11 Å². The third kappa shape index (κ3) is 7.38. The maximum atomic E-state index is 13.3. The minimum Gasteiger partial charge on any atom is -0.490 e. The summed E-state index contributed by atoms with van der Waals surface area (Å²) >= 11 is 0. The van der Waals surface area contributed by atoms with Gasteiger partial charge in [0.2, 0.25) is 5.91 Å². The first-order valence-corrected chi connectivity index (χ1v) is 12.6. The highest BCUT2D eigenvalue weighted by molar-refractivity contribution is 5.76. The molecule has 4 rings (SSSR count). The number of ether oxygens (including phenoxy) is 3. The van der Waals surface area contributed by atoms with Crippen LogP contribution < -0.4 is 20.5 Å². The number of nitrogens with zero attached hydrogens (tertiary/aromatic N) is 4. The summed E-state index contributed by atoms with van der Waals surface area (Å²) in [7, 11) is 1.35. The number of H-pyrrole nitrogens is 1. The second-order valence-electron chi connectivity index (χ2n) is 9.47. The van der Waals surface area contributed by atoms with Gasteiger partial charge in [0.05, 0.1) is 62.4 Å². The van der Waals surface area contributed by atoms with Gasteiger partial charge in [-0.1, -0.05) is 0 Å². The van der Waals surface area contributed by atoms with E-state index >= 15 is 0 Å². The van der Waals surface area contributed by atoms with Gasteiger partial charge in [0, 0.05) is 39.4 Å². The van der Waals surface area contributed by atoms with Crippen molar-refractivity contribution >= 4 is 17.4 Å². The molecule has 2 aromatic rings. The van der Waals surface area contributed by atoms with Crippen LogP contribution >= 0.6 is 0 Å². The van der Waals surface area contributed by atoms with Crippen LogP contribution in [0.1, 0.15) is 24.0 Å². The number of methoxy groups -OCH3 is 1. The third-order valence-electron chi connectivity index (χ3n) is 6.62. The Labute approximate surface area is 229 Å². The van der Waals surface area contributed by atoms with Crippen LogP contribution in [-0.4, -0.2) is 91.2 Å². The first-order valence-electron chi connectivity index (χ1n) is 12.6. The molecule has 1 unspecified atom stereocenters. The molecular formula is C24H28F6N6O5. The van der Waals surface area contributed by atoms with Crippen molar-refractivity contribution < 1.29 is 45.3 Å². The fraction of sp³-hybridized carbons (Fsp3) is 0.583. The highest BCUT2D eigenvalue weighted by Gasteiger charge is 2.38. The number of carbonyl (C=O) groups is 1. The number of anilines is 2. The van der Waals surface area contributed by atoms with Crippen LogP contribution in [0.25, 0.3) is 0 Å². The van der Waals surface area contributed by atoms with E-state index in [2.05, 4.69) is 15.4 Å². The summed E-state index contributed by atoms with van der Waals surface area (Å²) in [6, 6.07) is -0.0544. The summed E-state index contributed by atoms with van der Waals surface area (Å²) in [5.74, 6) is 0.134. The number of carbonyl (C=O) groups excluding carboxylic acids is 1. The lowest BCUT2D eigenvalue weighted by atomic mass is 10.1. The number of rotatable bonds is 9. The molecule has 0 radical (unpaired) electrons. The van der Waals surface area contributed by atoms with Crippen LogP contribution in [0, 0.1) is 0 Å². The Morgan fingerprint density at radius 1 is 1.20 bits per heavy atom. The molecule has 2 aliphatic heterocycles. The van der Waals surface area contributed by atoms with Gasteiger partial charge in [-0.15, -0.1) is 0 Å². The number of aromatic nitrogens is 3. The number of amides is 1. The van der Waals surface area contributed by atoms with Crippen molar-refractivity contribution in [3.63, 3.8) is 0 Å². The molecule has 41 heavy (non-hydrogen) atoms. The molecule has 2 aliphatic rings. The smallest absolute Gasteiger partial charge is 0.423 e. The molecule has 0 spiro atoms. The predicted molar refractivity (Wildman–Crippen MR) is 132 cm³/mol. The average molecular weight is 595 g/mol. The maximum absolute atomic E-state index is 13.3. The zero-order valence-electron chi connectivity index (χ0n) is 21.8. The van der Waals surface area contributed by atoms with E-state index < -0.39 is 40.8 Å². The number of hydrogen-bond donors (Lipinski definition) is 2. The van der Waals surface area contributed by atoms with Gasteiger partial charge in [0.25, 0.3) is 5.56 Å². The Morgan fingerprint density at radius 2 is 1.98 bits per heavy atom. The van der Waals surface area contributed by atoms with Crippen LogP contribution in [0.5, 0.6) is 5.75 Å². The standard InChI is InChI=1S/C24H28F6N6O5/c1-39-12-15(33-17-10-32-34-22(38)20(17)24(28,29)30)13-40-6-3-19(37)35-4-5-36-16(11-35)2-7-41-18-8-14(23(25,26)27)9-31-21(18)36/h8-10,15-16H,2-7,11-13H2,1H3,(H2,33,34,38)/t15-,16?/m0/s1. The second kappa shape index (κ2) is 12.5. The first-order chi connectivity index (χ1) is 19.4. The molecule has 0 saturated carbocycles. The largest absolute Gasteiger partial charge is 0.490 e. The van der Waals surface area contributed by atoms with Crippen LogP contribution in [0.15, 0.2) is 23.3 Å². The number of aromatic amines is 1. The quantitative estimate of drug-likeness (QED) is 0.333. The first kappa shape index (κ1) is 30.4. The highest BCUT2D eigenvalue weighted by atomic mass is 19.4. The maximum Gasteiger partial charge on any atom is 0.423 e. The number of hydrogen-bond acceptors (Lipinski definition) is 9. The van der Waals surface area contributed by atoms with Crippen molar-refractivity contribution in [2.45, 2.75) is 37.3 Å². The molecule has 0 aromatic carbocycles. The number of alkyl halides is 6. The topological polar surface area (TPSA) is 122 Å². The number of halogens is 6. The van der Waals surface area contributed by atoms with Gasteiger partial charge in [-0.2, -0.15) is 31.4 Å². The Bertz CT molecular complexity index is 1270. The van der Waals surface area contributed by atoms with E-state index in [-0.39, 0.29) is 50.5 Å². The van der Waals surface area contributed by atoms with Gasteiger partial charge in [0.15, 0.2) is 11.6 Å². The van der Waals surface area contributed by atoms with E-state index in [0.717, 1.165) is 18.5 Å². The summed E-state index contributed by atoms with van der Waals surface area (Å²) in [6.45, 7) is 0.922. The summed E-state index contributed by atoms with van der Waals surface area (Å²) in [5, 5.41) is 7.74. The van der Waals surface area contributed by atoms with Gasteiger partial charge in [-0.05, 0) is 6.07 Å². The Morgan fingerprint density at radius 3 is 2.68 bits per heavy atom. The highest BCUT2D eigenvalue weighted by Crippen LogP contribution is 2.38. The lowest BCUT2D eigenvalue weighted by molar-refractivity contribution is -0.138. The van der Waals surface area contributed by atoms with Gasteiger partial charge >= 0.3 is 12.4 Å². The summed E-state index contributed by atoms with van der Waals surface area (Å²) < 4.78 is 95.4.